The fourth-order valence-corrected chi connectivity index (χ4v) is 3.80. The molecule has 0 spiro atoms. The van der Waals surface area contributed by atoms with Gasteiger partial charge in [0, 0.05) is 11.8 Å². The van der Waals surface area contributed by atoms with Crippen LogP contribution in [0.1, 0.15) is 64.7 Å². The minimum absolute atomic E-state index is 0.0655. The smallest absolute Gasteiger partial charge is 0.408 e. The molecule has 0 aromatic carbocycles. The van der Waals surface area contributed by atoms with Gasteiger partial charge in [0.05, 0.1) is 24.3 Å². The van der Waals surface area contributed by atoms with Crippen molar-refractivity contribution in [3.8, 4) is 0 Å². The van der Waals surface area contributed by atoms with E-state index in [1.54, 1.807) is 0 Å². The van der Waals surface area contributed by atoms with Gasteiger partial charge in [-0.25, -0.2) is 9.78 Å². The Morgan fingerprint density at radius 1 is 1.59 bits per heavy atom. The van der Waals surface area contributed by atoms with Crippen molar-refractivity contribution >= 4 is 17.9 Å². The Bertz CT molecular complexity index is 490. The van der Waals surface area contributed by atoms with Crippen LogP contribution >= 0.6 is 11.8 Å². The molecular weight excluding hydrogens is 298 g/mol. The van der Waals surface area contributed by atoms with E-state index in [0.29, 0.717) is 6.04 Å². The fraction of sp³-hybridized carbons (Fsp3) is 0.750. The molecule has 1 aromatic rings. The second kappa shape index (κ2) is 7.40. The minimum atomic E-state index is -0.484. The van der Waals surface area contributed by atoms with Crippen molar-refractivity contribution in [2.45, 2.75) is 64.6 Å². The Balaban J connectivity index is 2.08. The van der Waals surface area contributed by atoms with Crippen molar-refractivity contribution < 1.29 is 9.53 Å². The second-order valence-corrected chi connectivity index (χ2v) is 7.85. The quantitative estimate of drug-likeness (QED) is 0.911. The number of ether oxygens (including phenoxy) is 1. The van der Waals surface area contributed by atoms with Crippen LogP contribution in [0.15, 0.2) is 12.5 Å². The highest BCUT2D eigenvalue weighted by molar-refractivity contribution is 7.99. The molecule has 2 rings (SSSR count). The first-order chi connectivity index (χ1) is 10.4. The normalized spacial score (nSPS) is 20.5. The van der Waals surface area contributed by atoms with Gasteiger partial charge in [-0.15, -0.1) is 0 Å². The van der Waals surface area contributed by atoms with Crippen molar-refractivity contribution in [1.29, 1.82) is 0 Å². The van der Waals surface area contributed by atoms with Gasteiger partial charge in [-0.1, -0.05) is 6.92 Å². The molecule has 2 heterocycles. The van der Waals surface area contributed by atoms with Crippen LogP contribution in [0.25, 0.3) is 0 Å². The summed E-state index contributed by atoms with van der Waals surface area (Å²) in [4.78, 5) is 16.4. The number of imidazole rings is 1. The molecule has 22 heavy (non-hydrogen) atoms. The molecule has 1 unspecified atom stereocenters. The van der Waals surface area contributed by atoms with Crippen LogP contribution < -0.4 is 5.32 Å². The topological polar surface area (TPSA) is 56.1 Å². The number of hydrogen-bond donors (Lipinski definition) is 1. The summed E-state index contributed by atoms with van der Waals surface area (Å²) in [5, 5.41) is 2.98. The molecule has 5 nitrogen and oxygen atoms in total. The fourth-order valence-electron chi connectivity index (χ4n) is 2.67. The molecule has 0 radical (unpaired) electrons. The van der Waals surface area contributed by atoms with Crippen molar-refractivity contribution in [1.82, 2.24) is 14.9 Å². The van der Waals surface area contributed by atoms with Crippen LogP contribution in [-0.2, 0) is 4.74 Å². The van der Waals surface area contributed by atoms with Crippen LogP contribution in [0, 0.1) is 0 Å². The summed E-state index contributed by atoms with van der Waals surface area (Å²) >= 11 is 1.99. The highest BCUT2D eigenvalue weighted by Gasteiger charge is 2.24. The van der Waals surface area contributed by atoms with Crippen molar-refractivity contribution in [2.75, 3.05) is 11.5 Å². The van der Waals surface area contributed by atoms with Crippen molar-refractivity contribution in [2.24, 2.45) is 0 Å². The number of thioether (sulfide) groups is 1. The maximum absolute atomic E-state index is 12.0. The lowest BCUT2D eigenvalue weighted by Crippen LogP contribution is -2.36. The molecule has 2 atom stereocenters. The number of nitrogens with zero attached hydrogens (tertiary/aromatic N) is 2. The maximum atomic E-state index is 12.0. The summed E-state index contributed by atoms with van der Waals surface area (Å²) in [6.45, 7) is 7.68. The third kappa shape index (κ3) is 4.66. The van der Waals surface area contributed by atoms with E-state index < -0.39 is 5.60 Å². The number of hydrogen-bond acceptors (Lipinski definition) is 4. The van der Waals surface area contributed by atoms with Gasteiger partial charge in [0.15, 0.2) is 0 Å². The van der Waals surface area contributed by atoms with E-state index in [9.17, 15) is 4.79 Å². The average molecular weight is 325 g/mol. The van der Waals surface area contributed by atoms with E-state index in [4.69, 9.17) is 4.74 Å². The predicted octanol–water partition coefficient (Wildman–Crippen LogP) is 3.93. The highest BCUT2D eigenvalue weighted by atomic mass is 32.2. The average Bonchev–Trinajstić information content (AvgIpc) is 2.93. The molecule has 1 aliphatic rings. The van der Waals surface area contributed by atoms with Gasteiger partial charge in [-0.2, -0.15) is 11.8 Å². The lowest BCUT2D eigenvalue weighted by molar-refractivity contribution is 0.0499. The summed E-state index contributed by atoms with van der Waals surface area (Å²) in [7, 11) is 0. The zero-order chi connectivity index (χ0) is 16.2. The van der Waals surface area contributed by atoms with Gasteiger partial charge in [-0.3, -0.25) is 0 Å². The Morgan fingerprint density at radius 3 is 2.95 bits per heavy atom. The van der Waals surface area contributed by atoms with Crippen LogP contribution in [0.3, 0.4) is 0 Å². The first kappa shape index (κ1) is 17.2. The zero-order valence-corrected chi connectivity index (χ0v) is 14.8. The summed E-state index contributed by atoms with van der Waals surface area (Å²) in [5.41, 5.74) is 0.587. The number of amides is 1. The zero-order valence-electron chi connectivity index (χ0n) is 14.0. The summed E-state index contributed by atoms with van der Waals surface area (Å²) < 4.78 is 7.60. The first-order valence-electron chi connectivity index (χ1n) is 7.99. The molecule has 0 saturated carbocycles. The molecule has 1 aromatic heterocycles. The molecule has 0 bridgehead atoms. The van der Waals surface area contributed by atoms with E-state index in [0.717, 1.165) is 17.9 Å². The van der Waals surface area contributed by atoms with Crippen LogP contribution in [-0.4, -0.2) is 32.8 Å². The summed E-state index contributed by atoms with van der Waals surface area (Å²) in [5.74, 6) is 2.36. The van der Waals surface area contributed by atoms with Gasteiger partial charge in [0.25, 0.3) is 0 Å². The second-order valence-electron chi connectivity index (χ2n) is 6.70. The Kier molecular flexibility index (Phi) is 5.78. The number of alkyl carbamates (subject to hydrolysis) is 1. The monoisotopic (exact) mass is 325 g/mol. The maximum Gasteiger partial charge on any atom is 0.408 e. The molecular formula is C16H27N3O2S. The van der Waals surface area contributed by atoms with Gasteiger partial charge < -0.3 is 14.6 Å². The molecule has 1 fully saturated rings. The van der Waals surface area contributed by atoms with E-state index in [1.165, 1.54) is 18.6 Å². The third-order valence-electron chi connectivity index (χ3n) is 3.68. The Hall–Kier alpha value is -1.17. The lowest BCUT2D eigenvalue weighted by atomic mass is 10.1. The molecule has 1 aliphatic heterocycles. The van der Waals surface area contributed by atoms with Crippen LogP contribution in [0.5, 0.6) is 0 Å². The van der Waals surface area contributed by atoms with Gasteiger partial charge in [0.2, 0.25) is 0 Å². The Morgan fingerprint density at radius 2 is 2.36 bits per heavy atom. The number of carbonyl (C=O) groups excluding carboxylic acids is 1. The standard InChI is InChI=1S/C16H27N3O2S/c1-5-13(18-15(20)21-16(2,3)4)14-9-17-11-19(14)12-7-6-8-22-10-12/h9,11-13H,5-8,10H2,1-4H3,(H,18,20)/t12?,13-/m1/s1. The van der Waals surface area contributed by atoms with Gasteiger partial charge >= 0.3 is 6.09 Å². The van der Waals surface area contributed by atoms with E-state index in [-0.39, 0.29) is 12.1 Å². The molecule has 124 valence electrons. The number of carbonyl (C=O) groups is 1. The third-order valence-corrected chi connectivity index (χ3v) is 4.88. The largest absolute Gasteiger partial charge is 0.444 e. The molecule has 1 saturated heterocycles. The summed E-state index contributed by atoms with van der Waals surface area (Å²) in [6.07, 6.45) is 6.62. The van der Waals surface area contributed by atoms with Crippen molar-refractivity contribution in [3.05, 3.63) is 18.2 Å². The van der Waals surface area contributed by atoms with E-state index >= 15 is 0 Å². The van der Waals surface area contributed by atoms with Crippen molar-refractivity contribution in [3.63, 3.8) is 0 Å². The van der Waals surface area contributed by atoms with E-state index in [1.807, 2.05) is 45.1 Å². The van der Waals surface area contributed by atoms with E-state index in [2.05, 4.69) is 21.8 Å². The number of rotatable bonds is 4. The Labute approximate surface area is 137 Å². The predicted molar refractivity (Wildman–Crippen MR) is 90.2 cm³/mol. The molecule has 1 N–H and O–H groups in total. The molecule has 6 heteroatoms. The number of aromatic nitrogens is 2. The molecule has 1 amide bonds. The molecule has 0 aliphatic carbocycles. The van der Waals surface area contributed by atoms with Crippen LogP contribution in [0.4, 0.5) is 4.79 Å². The SMILES string of the molecule is CC[C@@H](NC(=O)OC(C)(C)C)c1cncn1C1CCCSC1. The summed E-state index contributed by atoms with van der Waals surface area (Å²) in [6, 6.07) is 0.412. The first-order valence-corrected chi connectivity index (χ1v) is 9.15. The van der Waals surface area contributed by atoms with Crippen LogP contribution in [0.2, 0.25) is 0 Å². The van der Waals surface area contributed by atoms with Gasteiger partial charge in [0.1, 0.15) is 5.60 Å². The number of nitrogens with one attached hydrogen (secondary N) is 1. The minimum Gasteiger partial charge on any atom is -0.444 e. The van der Waals surface area contributed by atoms with Gasteiger partial charge in [-0.05, 0) is 45.8 Å². The highest BCUT2D eigenvalue weighted by Crippen LogP contribution is 2.30. The lowest BCUT2D eigenvalue weighted by Gasteiger charge is -2.28.